The first-order chi connectivity index (χ1) is 11.4. The molecule has 0 aromatic carbocycles. The van der Waals surface area contributed by atoms with Gasteiger partial charge in [0, 0.05) is 19.4 Å². The number of esters is 1. The minimum absolute atomic E-state index is 0.0410. The van der Waals surface area contributed by atoms with Crippen LogP contribution in [0.5, 0.6) is 0 Å². The van der Waals surface area contributed by atoms with Crippen molar-refractivity contribution in [3.05, 3.63) is 11.9 Å². The quantitative estimate of drug-likeness (QED) is 0.476. The van der Waals surface area contributed by atoms with Gasteiger partial charge in [0.25, 0.3) is 0 Å². The van der Waals surface area contributed by atoms with E-state index in [2.05, 4.69) is 20.0 Å². The van der Waals surface area contributed by atoms with Gasteiger partial charge in [0.2, 0.25) is 5.92 Å². The highest BCUT2D eigenvalue weighted by atomic mass is 32.2. The zero-order valence-electron chi connectivity index (χ0n) is 13.2. The summed E-state index contributed by atoms with van der Waals surface area (Å²) < 4.78 is 30.9. The SMILES string of the molecule is COC(=O)CSc1ncnc(NCC2CCC(F)(F)CC2)c1C#N. The number of nitrogens with one attached hydrogen (secondary N) is 1. The Bertz CT molecular complexity index is 626. The Hall–Kier alpha value is -1.95. The van der Waals surface area contributed by atoms with Crippen molar-refractivity contribution in [1.82, 2.24) is 9.97 Å². The number of carbonyl (C=O) groups is 1. The highest BCUT2D eigenvalue weighted by Crippen LogP contribution is 2.36. The van der Waals surface area contributed by atoms with Crippen LogP contribution in [-0.4, -0.2) is 41.3 Å². The summed E-state index contributed by atoms with van der Waals surface area (Å²) in [6.45, 7) is 0.475. The summed E-state index contributed by atoms with van der Waals surface area (Å²) in [7, 11) is 1.29. The molecule has 9 heteroatoms. The number of halogens is 2. The Morgan fingerprint density at radius 3 is 2.83 bits per heavy atom. The second-order valence-electron chi connectivity index (χ2n) is 5.56. The zero-order chi connectivity index (χ0) is 17.6. The van der Waals surface area contributed by atoms with E-state index in [9.17, 15) is 18.8 Å². The van der Waals surface area contributed by atoms with Crippen LogP contribution in [0.15, 0.2) is 11.4 Å². The molecular formula is C15H18F2N4O2S. The van der Waals surface area contributed by atoms with Crippen LogP contribution in [0.4, 0.5) is 14.6 Å². The van der Waals surface area contributed by atoms with Gasteiger partial charge in [0.15, 0.2) is 0 Å². The molecule has 1 aromatic heterocycles. The summed E-state index contributed by atoms with van der Waals surface area (Å²) in [5.41, 5.74) is 0.243. The van der Waals surface area contributed by atoms with Gasteiger partial charge in [-0.2, -0.15) is 5.26 Å². The third kappa shape index (κ3) is 5.03. The monoisotopic (exact) mass is 356 g/mol. The Kier molecular flexibility index (Phi) is 6.31. The molecule has 0 amide bonds. The summed E-state index contributed by atoms with van der Waals surface area (Å²) in [5.74, 6) is -2.45. The molecule has 130 valence electrons. The largest absolute Gasteiger partial charge is 0.468 e. The first kappa shape index (κ1) is 18.4. The zero-order valence-corrected chi connectivity index (χ0v) is 14.0. The van der Waals surface area contributed by atoms with E-state index in [1.54, 1.807) is 0 Å². The van der Waals surface area contributed by atoms with Crippen molar-refractivity contribution in [2.75, 3.05) is 24.7 Å². The summed E-state index contributed by atoms with van der Waals surface area (Å²) in [4.78, 5) is 19.3. The first-order valence-corrected chi connectivity index (χ1v) is 8.50. The number of nitrogens with zero attached hydrogens (tertiary/aromatic N) is 3. The van der Waals surface area contributed by atoms with E-state index in [-0.39, 0.29) is 30.1 Å². The van der Waals surface area contributed by atoms with Gasteiger partial charge in [-0.05, 0) is 18.8 Å². The van der Waals surface area contributed by atoms with E-state index in [0.29, 0.717) is 30.2 Å². The molecule has 1 N–H and O–H groups in total. The van der Waals surface area contributed by atoms with Crippen LogP contribution in [0.3, 0.4) is 0 Å². The van der Waals surface area contributed by atoms with Gasteiger partial charge in [0.1, 0.15) is 28.8 Å². The maximum atomic E-state index is 13.2. The molecular weight excluding hydrogens is 338 g/mol. The van der Waals surface area contributed by atoms with E-state index in [1.165, 1.54) is 13.4 Å². The van der Waals surface area contributed by atoms with Crippen molar-refractivity contribution < 1.29 is 18.3 Å². The molecule has 24 heavy (non-hydrogen) atoms. The highest BCUT2D eigenvalue weighted by Gasteiger charge is 2.34. The molecule has 1 heterocycles. The molecule has 0 atom stereocenters. The average molecular weight is 356 g/mol. The van der Waals surface area contributed by atoms with E-state index < -0.39 is 11.9 Å². The number of rotatable bonds is 6. The predicted molar refractivity (Wildman–Crippen MR) is 84.9 cm³/mol. The van der Waals surface area contributed by atoms with Crippen LogP contribution in [0.25, 0.3) is 0 Å². The molecule has 0 saturated heterocycles. The molecule has 2 rings (SSSR count). The summed E-state index contributed by atoms with van der Waals surface area (Å²) >= 11 is 1.09. The third-order valence-electron chi connectivity index (χ3n) is 3.87. The van der Waals surface area contributed by atoms with Crippen LogP contribution in [0, 0.1) is 17.2 Å². The van der Waals surface area contributed by atoms with Gasteiger partial charge in [-0.1, -0.05) is 11.8 Å². The molecule has 1 aliphatic carbocycles. The summed E-state index contributed by atoms with van der Waals surface area (Å²) in [5, 5.41) is 12.8. The Morgan fingerprint density at radius 1 is 1.50 bits per heavy atom. The van der Waals surface area contributed by atoms with Crippen LogP contribution in [0.2, 0.25) is 0 Å². The van der Waals surface area contributed by atoms with Crippen LogP contribution >= 0.6 is 11.8 Å². The molecule has 1 saturated carbocycles. The maximum absolute atomic E-state index is 13.2. The molecule has 0 aliphatic heterocycles. The van der Waals surface area contributed by atoms with Gasteiger partial charge >= 0.3 is 5.97 Å². The van der Waals surface area contributed by atoms with Gasteiger partial charge in [-0.15, -0.1) is 0 Å². The lowest BCUT2D eigenvalue weighted by Gasteiger charge is -2.28. The van der Waals surface area contributed by atoms with Crippen LogP contribution in [-0.2, 0) is 9.53 Å². The minimum atomic E-state index is -2.55. The highest BCUT2D eigenvalue weighted by molar-refractivity contribution is 7.99. The lowest BCUT2D eigenvalue weighted by atomic mass is 9.87. The fraction of sp³-hybridized carbons (Fsp3) is 0.600. The molecule has 0 spiro atoms. The Balaban J connectivity index is 1.97. The smallest absolute Gasteiger partial charge is 0.316 e. The predicted octanol–water partition coefficient (Wildman–Crippen LogP) is 2.85. The standard InChI is InChI=1S/C15H18F2N4O2S/c1-23-12(22)8-24-14-11(6-18)13(20-9-21-14)19-7-10-2-4-15(16,17)5-3-10/h9-10H,2-5,7-8H2,1H3,(H,19,20,21). The van der Waals surface area contributed by atoms with Gasteiger partial charge in [-0.3, -0.25) is 4.79 Å². The van der Waals surface area contributed by atoms with Crippen LogP contribution < -0.4 is 5.32 Å². The number of alkyl halides is 2. The van der Waals surface area contributed by atoms with Gasteiger partial charge < -0.3 is 10.1 Å². The minimum Gasteiger partial charge on any atom is -0.468 e. The van der Waals surface area contributed by atoms with Crippen molar-refractivity contribution in [2.45, 2.75) is 36.6 Å². The van der Waals surface area contributed by atoms with E-state index >= 15 is 0 Å². The summed E-state index contributed by atoms with van der Waals surface area (Å²) in [6, 6.07) is 2.03. The van der Waals surface area contributed by atoms with E-state index in [4.69, 9.17) is 0 Å². The van der Waals surface area contributed by atoms with Crippen LogP contribution in [0.1, 0.15) is 31.2 Å². The second-order valence-corrected chi connectivity index (χ2v) is 6.52. The lowest BCUT2D eigenvalue weighted by Crippen LogP contribution is -2.28. The molecule has 0 radical (unpaired) electrons. The lowest BCUT2D eigenvalue weighted by molar-refractivity contribution is -0.137. The number of ether oxygens (including phenoxy) is 1. The topological polar surface area (TPSA) is 87.9 Å². The Labute approximate surface area is 143 Å². The molecule has 0 unspecified atom stereocenters. The van der Waals surface area contributed by atoms with E-state index in [1.807, 2.05) is 6.07 Å². The number of aromatic nitrogens is 2. The number of nitriles is 1. The molecule has 1 aliphatic rings. The fourth-order valence-electron chi connectivity index (χ4n) is 2.44. The van der Waals surface area contributed by atoms with Gasteiger partial charge in [0.05, 0.1) is 12.9 Å². The number of anilines is 1. The van der Waals surface area contributed by atoms with Crippen molar-refractivity contribution in [3.63, 3.8) is 0 Å². The Morgan fingerprint density at radius 2 is 2.21 bits per heavy atom. The molecule has 1 aromatic rings. The fourth-order valence-corrected chi connectivity index (χ4v) is 3.23. The van der Waals surface area contributed by atoms with Gasteiger partial charge in [-0.25, -0.2) is 18.7 Å². The second kappa shape index (κ2) is 8.24. The molecule has 1 fully saturated rings. The average Bonchev–Trinajstić information content (AvgIpc) is 2.58. The molecule has 0 bridgehead atoms. The van der Waals surface area contributed by atoms with Crippen molar-refractivity contribution in [2.24, 2.45) is 5.92 Å². The normalized spacial score (nSPS) is 17.1. The number of carbonyl (C=O) groups excluding carboxylic acids is 1. The summed E-state index contributed by atoms with van der Waals surface area (Å²) in [6.07, 6.45) is 1.98. The number of thioether (sulfide) groups is 1. The van der Waals surface area contributed by atoms with E-state index in [0.717, 1.165) is 11.8 Å². The number of hydrogen-bond donors (Lipinski definition) is 1. The number of methoxy groups -OCH3 is 1. The van der Waals surface area contributed by atoms with Crippen molar-refractivity contribution in [1.29, 1.82) is 5.26 Å². The van der Waals surface area contributed by atoms with Crippen molar-refractivity contribution in [3.8, 4) is 6.07 Å². The first-order valence-electron chi connectivity index (χ1n) is 7.51. The third-order valence-corrected chi connectivity index (χ3v) is 4.84. The van der Waals surface area contributed by atoms with Crippen molar-refractivity contribution >= 4 is 23.5 Å². The molecule has 6 nitrogen and oxygen atoms in total. The maximum Gasteiger partial charge on any atom is 0.316 e. The number of hydrogen-bond acceptors (Lipinski definition) is 7.